The molecule has 0 unspecified atom stereocenters. The van der Waals surface area contributed by atoms with Crippen LogP contribution in [0.15, 0.2) is 53.7 Å². The Balaban J connectivity index is 2.23. The Labute approximate surface area is 120 Å². The van der Waals surface area contributed by atoms with Crippen molar-refractivity contribution >= 4 is 21.2 Å². The Bertz CT molecular complexity index is 919. The van der Waals surface area contributed by atoms with Gasteiger partial charge in [-0.25, -0.2) is 9.37 Å². The molecule has 0 aliphatic rings. The van der Waals surface area contributed by atoms with Gasteiger partial charge in [0.1, 0.15) is 5.82 Å². The summed E-state index contributed by atoms with van der Waals surface area (Å²) >= 11 is 0. The highest BCUT2D eigenvalue weighted by Gasteiger charge is 2.21. The van der Waals surface area contributed by atoms with Crippen LogP contribution in [0.3, 0.4) is 0 Å². The average molecular weight is 306 g/mol. The zero-order valence-electron chi connectivity index (χ0n) is 10.8. The van der Waals surface area contributed by atoms with Crippen LogP contribution in [0, 0.1) is 5.82 Å². The van der Waals surface area contributed by atoms with E-state index < -0.39 is 21.1 Å². The van der Waals surface area contributed by atoms with E-state index in [1.807, 2.05) is 0 Å². The second-order valence-electron chi connectivity index (χ2n) is 4.54. The largest absolute Gasteiger partial charge is 0.328 e. The van der Waals surface area contributed by atoms with Crippen molar-refractivity contribution in [2.45, 2.75) is 11.7 Å². The Morgan fingerprint density at radius 2 is 1.76 bits per heavy atom. The summed E-state index contributed by atoms with van der Waals surface area (Å²) in [4.78, 5) is 3.91. The van der Waals surface area contributed by atoms with E-state index in [0.717, 1.165) is 0 Å². The topological polar surface area (TPSA) is 72.2 Å². The maximum absolute atomic E-state index is 13.8. The molecule has 2 aromatic carbocycles. The van der Waals surface area contributed by atoms with Gasteiger partial charge >= 0.3 is 10.1 Å². The Morgan fingerprint density at radius 1 is 1.10 bits per heavy atom. The summed E-state index contributed by atoms with van der Waals surface area (Å²) in [6.07, 6.45) is 0. The number of para-hydroxylation sites is 2. The van der Waals surface area contributed by atoms with Gasteiger partial charge in [0.15, 0.2) is 0 Å². The lowest BCUT2D eigenvalue weighted by Gasteiger charge is -2.08. The second-order valence-corrected chi connectivity index (χ2v) is 5.85. The first-order valence-corrected chi connectivity index (χ1v) is 7.57. The van der Waals surface area contributed by atoms with E-state index in [2.05, 4.69) is 4.98 Å². The summed E-state index contributed by atoms with van der Waals surface area (Å²) in [6.45, 7) is -0.0394. The van der Waals surface area contributed by atoms with Crippen LogP contribution in [0.5, 0.6) is 0 Å². The lowest BCUT2D eigenvalue weighted by Crippen LogP contribution is -2.11. The monoisotopic (exact) mass is 306 g/mol. The van der Waals surface area contributed by atoms with E-state index in [9.17, 15) is 17.4 Å². The molecule has 0 spiro atoms. The van der Waals surface area contributed by atoms with Crippen LogP contribution in [0.4, 0.5) is 4.39 Å². The molecule has 0 saturated carbocycles. The van der Waals surface area contributed by atoms with E-state index in [1.54, 1.807) is 42.5 Å². The number of halogens is 1. The highest BCUT2D eigenvalue weighted by molar-refractivity contribution is 7.85. The third kappa shape index (κ3) is 2.53. The van der Waals surface area contributed by atoms with Gasteiger partial charge < -0.3 is 4.57 Å². The third-order valence-electron chi connectivity index (χ3n) is 3.14. The van der Waals surface area contributed by atoms with Crippen LogP contribution in [0.25, 0.3) is 11.0 Å². The first kappa shape index (κ1) is 13.7. The van der Waals surface area contributed by atoms with Crippen molar-refractivity contribution in [3.8, 4) is 0 Å². The highest BCUT2D eigenvalue weighted by atomic mass is 32.2. The molecule has 0 aliphatic carbocycles. The molecule has 3 aromatic rings. The Kier molecular flexibility index (Phi) is 3.23. The molecule has 0 radical (unpaired) electrons. The molecule has 0 bridgehead atoms. The van der Waals surface area contributed by atoms with Gasteiger partial charge in [0.25, 0.3) is 5.16 Å². The molecule has 3 rings (SSSR count). The van der Waals surface area contributed by atoms with Gasteiger partial charge in [0.2, 0.25) is 0 Å². The molecule has 1 aromatic heterocycles. The quantitative estimate of drug-likeness (QED) is 0.755. The minimum Gasteiger partial charge on any atom is -0.308 e. The van der Waals surface area contributed by atoms with E-state index in [-0.39, 0.29) is 6.54 Å². The standard InChI is InChI=1S/C14H11FN2O3S/c15-11-6-2-1-5-10(11)9-17-13-8-4-3-7-12(13)16-14(17)21(18,19)20/h1-8H,9H2,(H,18,19,20). The fraction of sp³-hybridized carbons (Fsp3) is 0.0714. The third-order valence-corrected chi connectivity index (χ3v) is 3.91. The SMILES string of the molecule is O=S(=O)(O)c1nc2ccccc2n1Cc1ccccc1F. The number of fused-ring (bicyclic) bond motifs is 1. The fourth-order valence-corrected chi connectivity index (χ4v) is 2.86. The zero-order valence-corrected chi connectivity index (χ0v) is 11.6. The minimum atomic E-state index is -4.50. The maximum Gasteiger partial charge on any atom is 0.328 e. The lowest BCUT2D eigenvalue weighted by molar-refractivity contribution is 0.466. The molecule has 0 amide bonds. The van der Waals surface area contributed by atoms with Gasteiger partial charge in [-0.15, -0.1) is 0 Å². The van der Waals surface area contributed by atoms with Crippen LogP contribution in [-0.4, -0.2) is 22.5 Å². The normalized spacial score (nSPS) is 11.9. The average Bonchev–Trinajstić information content (AvgIpc) is 2.80. The van der Waals surface area contributed by atoms with Crippen molar-refractivity contribution < 1.29 is 17.4 Å². The molecule has 1 heterocycles. The van der Waals surface area contributed by atoms with Gasteiger partial charge in [-0.3, -0.25) is 4.55 Å². The summed E-state index contributed by atoms with van der Waals surface area (Å²) < 4.78 is 47.3. The van der Waals surface area contributed by atoms with Gasteiger partial charge in [-0.05, 0) is 18.2 Å². The predicted octanol–water partition coefficient (Wildman–Crippen LogP) is 2.47. The molecule has 5 nitrogen and oxygen atoms in total. The number of nitrogens with zero attached hydrogens (tertiary/aromatic N) is 2. The Hall–Kier alpha value is -2.25. The molecule has 0 atom stereocenters. The van der Waals surface area contributed by atoms with Crippen LogP contribution in [0.1, 0.15) is 5.56 Å². The molecular formula is C14H11FN2O3S. The van der Waals surface area contributed by atoms with E-state index in [4.69, 9.17) is 0 Å². The van der Waals surface area contributed by atoms with Crippen molar-refractivity contribution in [3.05, 3.63) is 59.9 Å². The maximum atomic E-state index is 13.8. The van der Waals surface area contributed by atoms with Gasteiger partial charge in [-0.2, -0.15) is 8.42 Å². The first-order chi connectivity index (χ1) is 9.97. The van der Waals surface area contributed by atoms with Gasteiger partial charge in [0, 0.05) is 5.56 Å². The molecule has 108 valence electrons. The first-order valence-electron chi connectivity index (χ1n) is 6.13. The van der Waals surface area contributed by atoms with E-state index in [0.29, 0.717) is 16.6 Å². The molecule has 0 saturated heterocycles. The molecule has 1 N–H and O–H groups in total. The van der Waals surface area contributed by atoms with E-state index >= 15 is 0 Å². The number of imidazole rings is 1. The van der Waals surface area contributed by atoms with Crippen LogP contribution in [0.2, 0.25) is 0 Å². The minimum absolute atomic E-state index is 0.0394. The van der Waals surface area contributed by atoms with Crippen LogP contribution >= 0.6 is 0 Å². The van der Waals surface area contributed by atoms with Crippen molar-refractivity contribution in [2.24, 2.45) is 0 Å². The van der Waals surface area contributed by atoms with Crippen molar-refractivity contribution in [3.63, 3.8) is 0 Å². The zero-order chi connectivity index (χ0) is 15.0. The number of hydrogen-bond donors (Lipinski definition) is 1. The number of benzene rings is 2. The summed E-state index contributed by atoms with van der Waals surface area (Å²) in [5, 5.41) is -0.494. The second kappa shape index (κ2) is 4.94. The molecular weight excluding hydrogens is 295 g/mol. The van der Waals surface area contributed by atoms with Crippen molar-refractivity contribution in [1.29, 1.82) is 0 Å². The van der Waals surface area contributed by atoms with Crippen molar-refractivity contribution in [2.75, 3.05) is 0 Å². The lowest BCUT2D eigenvalue weighted by atomic mass is 10.2. The Morgan fingerprint density at radius 3 is 2.48 bits per heavy atom. The fourth-order valence-electron chi connectivity index (χ4n) is 2.20. The van der Waals surface area contributed by atoms with E-state index in [1.165, 1.54) is 10.6 Å². The predicted molar refractivity (Wildman–Crippen MR) is 75.0 cm³/mol. The smallest absolute Gasteiger partial charge is 0.308 e. The molecule has 0 aliphatic heterocycles. The summed E-state index contributed by atoms with van der Waals surface area (Å²) in [6, 6.07) is 12.8. The highest BCUT2D eigenvalue weighted by Crippen LogP contribution is 2.21. The summed E-state index contributed by atoms with van der Waals surface area (Å²) in [7, 11) is -4.50. The molecule has 0 fully saturated rings. The summed E-state index contributed by atoms with van der Waals surface area (Å²) in [5.41, 5.74) is 1.24. The summed E-state index contributed by atoms with van der Waals surface area (Å²) in [5.74, 6) is -0.448. The van der Waals surface area contributed by atoms with Crippen LogP contribution in [-0.2, 0) is 16.7 Å². The number of rotatable bonds is 3. The van der Waals surface area contributed by atoms with Gasteiger partial charge in [0.05, 0.1) is 17.6 Å². The van der Waals surface area contributed by atoms with Gasteiger partial charge in [-0.1, -0.05) is 30.3 Å². The molecule has 21 heavy (non-hydrogen) atoms. The van der Waals surface area contributed by atoms with Crippen LogP contribution < -0.4 is 0 Å². The van der Waals surface area contributed by atoms with Crippen molar-refractivity contribution in [1.82, 2.24) is 9.55 Å². The number of aromatic nitrogens is 2. The number of hydrogen-bond acceptors (Lipinski definition) is 3. The molecule has 7 heteroatoms.